The molecule has 3 heterocycles. The van der Waals surface area contributed by atoms with Crippen molar-refractivity contribution in [1.82, 2.24) is 9.80 Å². The Bertz CT molecular complexity index is 874. The maximum atomic E-state index is 14.1. The normalized spacial score (nSPS) is 32.1. The van der Waals surface area contributed by atoms with Gasteiger partial charge in [0.2, 0.25) is 11.8 Å². The molecule has 0 aromatic heterocycles. The van der Waals surface area contributed by atoms with Crippen molar-refractivity contribution < 1.29 is 29.0 Å². The molecule has 3 aliphatic rings. The smallest absolute Gasteiger partial charge is 0.312 e. The Labute approximate surface area is 222 Å². The molecule has 0 saturated carbocycles. The van der Waals surface area contributed by atoms with Crippen molar-refractivity contribution in [2.45, 2.75) is 95.9 Å². The summed E-state index contributed by atoms with van der Waals surface area (Å²) >= 11 is 0. The Hall–Kier alpha value is -2.19. The van der Waals surface area contributed by atoms with Gasteiger partial charge in [-0.15, -0.1) is 13.2 Å². The summed E-state index contributed by atoms with van der Waals surface area (Å²) in [6.07, 6.45) is 8.57. The lowest BCUT2D eigenvalue weighted by atomic mass is 9.62. The van der Waals surface area contributed by atoms with Crippen LogP contribution in [0.4, 0.5) is 0 Å². The molecule has 1 N–H and O–H groups in total. The first kappa shape index (κ1) is 29.4. The van der Waals surface area contributed by atoms with Gasteiger partial charge in [-0.25, -0.2) is 0 Å². The van der Waals surface area contributed by atoms with Crippen LogP contribution in [0.1, 0.15) is 72.6 Å². The number of carbonyl (C=O) groups excluding carboxylic acids is 3. The van der Waals surface area contributed by atoms with Gasteiger partial charge in [-0.3, -0.25) is 14.4 Å². The number of nitrogens with zero attached hydrogens (tertiary/aromatic N) is 2. The van der Waals surface area contributed by atoms with Crippen LogP contribution in [0.25, 0.3) is 0 Å². The lowest BCUT2D eigenvalue weighted by molar-refractivity contribution is -0.162. The Morgan fingerprint density at radius 1 is 1.22 bits per heavy atom. The molecule has 8 nitrogen and oxygen atoms in total. The van der Waals surface area contributed by atoms with E-state index in [1.54, 1.807) is 15.9 Å². The number of aliphatic hydroxyl groups excluding tert-OH is 1. The van der Waals surface area contributed by atoms with Crippen LogP contribution in [0.2, 0.25) is 0 Å². The molecule has 2 bridgehead atoms. The number of hydrogen-bond acceptors (Lipinski definition) is 6. The number of carbonyl (C=O) groups is 3. The van der Waals surface area contributed by atoms with Gasteiger partial charge in [-0.05, 0) is 71.6 Å². The first-order chi connectivity index (χ1) is 17.6. The van der Waals surface area contributed by atoms with Crippen LogP contribution in [-0.2, 0) is 23.9 Å². The van der Waals surface area contributed by atoms with E-state index >= 15 is 0 Å². The fourth-order valence-corrected chi connectivity index (χ4v) is 6.69. The molecular formula is C29H46N2O6. The Morgan fingerprint density at radius 3 is 2.57 bits per heavy atom. The average Bonchev–Trinajstić information content (AvgIpc) is 3.36. The molecule has 0 aromatic rings. The van der Waals surface area contributed by atoms with Crippen molar-refractivity contribution in [2.75, 3.05) is 26.3 Å². The highest BCUT2D eigenvalue weighted by atomic mass is 16.6. The van der Waals surface area contributed by atoms with Crippen LogP contribution < -0.4 is 0 Å². The first-order valence-corrected chi connectivity index (χ1v) is 13.9. The van der Waals surface area contributed by atoms with Crippen LogP contribution in [0.3, 0.4) is 0 Å². The fourth-order valence-electron chi connectivity index (χ4n) is 6.69. The van der Waals surface area contributed by atoms with Gasteiger partial charge < -0.3 is 24.4 Å². The van der Waals surface area contributed by atoms with E-state index in [0.29, 0.717) is 32.4 Å². The average molecular weight is 519 g/mol. The summed E-state index contributed by atoms with van der Waals surface area (Å²) in [5.41, 5.74) is -1.94. The molecule has 3 saturated heterocycles. The minimum atomic E-state index is -1.07. The molecule has 3 unspecified atom stereocenters. The SMILES string of the molecule is C=CCCCCOC(=O)[C@H]1[C@H]2C(=O)N(CCCCCO)C(C(=O)N(CC=C)C(C)C)C23CC(C)[C@]1(C)O3. The molecule has 208 valence electrons. The van der Waals surface area contributed by atoms with Crippen molar-refractivity contribution in [3.8, 4) is 0 Å². The molecular weight excluding hydrogens is 472 g/mol. The quantitative estimate of drug-likeness (QED) is 0.203. The van der Waals surface area contributed by atoms with Gasteiger partial charge in [-0.1, -0.05) is 19.1 Å². The Kier molecular flexibility index (Phi) is 9.62. The van der Waals surface area contributed by atoms with Crippen molar-refractivity contribution in [3.63, 3.8) is 0 Å². The van der Waals surface area contributed by atoms with Gasteiger partial charge in [0, 0.05) is 25.7 Å². The summed E-state index contributed by atoms with van der Waals surface area (Å²) in [5, 5.41) is 9.20. The highest BCUT2D eigenvalue weighted by Crippen LogP contribution is 2.65. The van der Waals surface area contributed by atoms with E-state index in [2.05, 4.69) is 13.2 Å². The highest BCUT2D eigenvalue weighted by Gasteiger charge is 2.80. The Morgan fingerprint density at radius 2 is 1.95 bits per heavy atom. The zero-order chi connectivity index (χ0) is 27.4. The number of likely N-dealkylation sites (tertiary alicyclic amines) is 1. The molecule has 1 spiro atoms. The number of unbranched alkanes of at least 4 members (excludes halogenated alkanes) is 4. The topological polar surface area (TPSA) is 96.4 Å². The van der Waals surface area contributed by atoms with Crippen LogP contribution in [-0.4, -0.2) is 82.3 Å². The van der Waals surface area contributed by atoms with Crippen molar-refractivity contribution >= 4 is 17.8 Å². The predicted molar refractivity (Wildman–Crippen MR) is 141 cm³/mol. The van der Waals surface area contributed by atoms with Gasteiger partial charge in [0.05, 0.1) is 18.1 Å². The van der Waals surface area contributed by atoms with Gasteiger partial charge in [0.25, 0.3) is 0 Å². The predicted octanol–water partition coefficient (Wildman–Crippen LogP) is 3.48. The second-order valence-corrected chi connectivity index (χ2v) is 11.3. The van der Waals surface area contributed by atoms with E-state index in [4.69, 9.17) is 9.47 Å². The molecule has 0 aliphatic carbocycles. The van der Waals surface area contributed by atoms with Gasteiger partial charge in [0.1, 0.15) is 17.6 Å². The number of rotatable bonds is 15. The van der Waals surface area contributed by atoms with Crippen LogP contribution in [0.5, 0.6) is 0 Å². The summed E-state index contributed by atoms with van der Waals surface area (Å²) in [7, 11) is 0. The molecule has 0 radical (unpaired) electrons. The van der Waals surface area contributed by atoms with E-state index in [1.807, 2.05) is 33.8 Å². The molecule has 8 heteroatoms. The summed E-state index contributed by atoms with van der Waals surface area (Å²) in [4.78, 5) is 45.1. The third-order valence-electron chi connectivity index (χ3n) is 8.64. The number of amides is 2. The van der Waals surface area contributed by atoms with Crippen molar-refractivity contribution in [1.29, 1.82) is 0 Å². The van der Waals surface area contributed by atoms with Gasteiger partial charge in [0.15, 0.2) is 0 Å². The second kappa shape index (κ2) is 12.1. The summed E-state index contributed by atoms with van der Waals surface area (Å²) in [6, 6.07) is -0.897. The largest absolute Gasteiger partial charge is 0.465 e. The maximum absolute atomic E-state index is 14.1. The van der Waals surface area contributed by atoms with E-state index in [9.17, 15) is 19.5 Å². The number of ether oxygens (including phenoxy) is 2. The number of hydrogen-bond donors (Lipinski definition) is 1. The van der Waals surface area contributed by atoms with Crippen LogP contribution in [0, 0.1) is 17.8 Å². The minimum Gasteiger partial charge on any atom is -0.465 e. The molecule has 3 rings (SSSR count). The lowest BCUT2D eigenvalue weighted by Gasteiger charge is -2.38. The minimum absolute atomic E-state index is 0.0218. The third-order valence-corrected chi connectivity index (χ3v) is 8.64. The highest BCUT2D eigenvalue weighted by molar-refractivity contribution is 5.98. The van der Waals surface area contributed by atoms with E-state index in [1.165, 1.54) is 0 Å². The molecule has 3 aliphatic heterocycles. The zero-order valence-electron chi connectivity index (χ0n) is 23.1. The standard InChI is InChI=1S/C29H46N2O6/c1-7-9-10-14-18-36-27(35)23-22-25(33)31(16-12-11-13-17-32)24(26(34)30(15-8-2)20(3)4)29(22)19-21(5)28(23,6)37-29/h7-8,20-24,32H,1-2,9-19H2,3-6H3/t21?,22-,23+,24?,28-,29?/m0/s1. The van der Waals surface area contributed by atoms with Crippen LogP contribution >= 0.6 is 0 Å². The van der Waals surface area contributed by atoms with E-state index in [-0.39, 0.29) is 37.0 Å². The van der Waals surface area contributed by atoms with E-state index < -0.39 is 35.0 Å². The fraction of sp³-hybridized carbons (Fsp3) is 0.759. The summed E-state index contributed by atoms with van der Waals surface area (Å²) < 4.78 is 12.4. The number of esters is 1. The van der Waals surface area contributed by atoms with Crippen molar-refractivity contribution in [2.24, 2.45) is 17.8 Å². The Balaban J connectivity index is 1.96. The number of aliphatic hydroxyl groups is 1. The van der Waals surface area contributed by atoms with Crippen molar-refractivity contribution in [3.05, 3.63) is 25.3 Å². The first-order valence-electron chi connectivity index (χ1n) is 13.9. The summed E-state index contributed by atoms with van der Waals surface area (Å²) in [5.74, 6) is -2.30. The monoisotopic (exact) mass is 518 g/mol. The number of fused-ring (bicyclic) bond motifs is 1. The van der Waals surface area contributed by atoms with E-state index in [0.717, 1.165) is 25.7 Å². The molecule has 3 fully saturated rings. The van der Waals surface area contributed by atoms with Gasteiger partial charge >= 0.3 is 5.97 Å². The zero-order valence-corrected chi connectivity index (χ0v) is 23.1. The maximum Gasteiger partial charge on any atom is 0.312 e. The molecule has 37 heavy (non-hydrogen) atoms. The molecule has 0 aromatic carbocycles. The van der Waals surface area contributed by atoms with Gasteiger partial charge in [-0.2, -0.15) is 0 Å². The van der Waals surface area contributed by atoms with Crippen LogP contribution in [0.15, 0.2) is 25.3 Å². The third kappa shape index (κ3) is 5.24. The second-order valence-electron chi connectivity index (χ2n) is 11.3. The molecule has 6 atom stereocenters. The number of allylic oxidation sites excluding steroid dienone is 1. The molecule has 2 amide bonds. The lowest BCUT2D eigenvalue weighted by Crippen LogP contribution is -2.57. The summed E-state index contributed by atoms with van der Waals surface area (Å²) in [6.45, 7) is 16.5.